The van der Waals surface area contributed by atoms with Crippen LogP contribution in [0.25, 0.3) is 0 Å². The second-order valence-corrected chi connectivity index (χ2v) is 4.47. The van der Waals surface area contributed by atoms with E-state index in [9.17, 15) is 0 Å². The Morgan fingerprint density at radius 3 is 2.88 bits per heavy atom. The Morgan fingerprint density at radius 2 is 2.12 bits per heavy atom. The van der Waals surface area contributed by atoms with Crippen molar-refractivity contribution in [1.82, 2.24) is 9.97 Å². The molecule has 0 aliphatic rings. The van der Waals surface area contributed by atoms with E-state index >= 15 is 0 Å². The number of aromatic nitrogens is 2. The fourth-order valence-electron chi connectivity index (χ4n) is 1.28. The fourth-order valence-corrected chi connectivity index (χ4v) is 1.79. The summed E-state index contributed by atoms with van der Waals surface area (Å²) in [7, 11) is 0. The third-order valence-corrected chi connectivity index (χ3v) is 3.35. The van der Waals surface area contributed by atoms with Crippen LogP contribution in [0.4, 0.5) is 11.5 Å². The second-order valence-electron chi connectivity index (χ2n) is 3.29. The first-order chi connectivity index (χ1) is 7.66. The standard InChI is InChI=1S/C11H9BrClN3/c1-7-3-2-4-8(11(7)12)16-10-5-9(13)14-6-15-10/h2-6H,1H3,(H,14,15,16). The smallest absolute Gasteiger partial charge is 0.135 e. The van der Waals surface area contributed by atoms with Crippen molar-refractivity contribution in [1.29, 1.82) is 0 Å². The van der Waals surface area contributed by atoms with Gasteiger partial charge in [0.05, 0.1) is 5.69 Å². The summed E-state index contributed by atoms with van der Waals surface area (Å²) >= 11 is 9.30. The molecule has 5 heteroatoms. The van der Waals surface area contributed by atoms with E-state index in [0.717, 1.165) is 15.7 Å². The van der Waals surface area contributed by atoms with Crippen LogP contribution in [0.3, 0.4) is 0 Å². The Balaban J connectivity index is 2.31. The number of aryl methyl sites for hydroxylation is 1. The molecule has 0 radical (unpaired) electrons. The molecule has 3 nitrogen and oxygen atoms in total. The zero-order valence-corrected chi connectivity index (χ0v) is 10.9. The third-order valence-electron chi connectivity index (χ3n) is 2.09. The lowest BCUT2D eigenvalue weighted by atomic mass is 10.2. The monoisotopic (exact) mass is 297 g/mol. The van der Waals surface area contributed by atoms with Crippen LogP contribution >= 0.6 is 27.5 Å². The molecule has 0 spiro atoms. The SMILES string of the molecule is Cc1cccc(Nc2cc(Cl)ncn2)c1Br. The van der Waals surface area contributed by atoms with Gasteiger partial charge in [0.25, 0.3) is 0 Å². The minimum absolute atomic E-state index is 0.418. The maximum absolute atomic E-state index is 5.78. The molecule has 0 saturated carbocycles. The van der Waals surface area contributed by atoms with E-state index in [1.807, 2.05) is 25.1 Å². The lowest BCUT2D eigenvalue weighted by Gasteiger charge is -2.09. The molecule has 1 N–H and O–H groups in total. The number of hydrogen-bond acceptors (Lipinski definition) is 3. The van der Waals surface area contributed by atoms with Gasteiger partial charge in [-0.1, -0.05) is 23.7 Å². The minimum Gasteiger partial charge on any atom is -0.339 e. The van der Waals surface area contributed by atoms with Gasteiger partial charge in [0, 0.05) is 10.5 Å². The Bertz CT molecular complexity index is 516. The summed E-state index contributed by atoms with van der Waals surface area (Å²) < 4.78 is 1.02. The quantitative estimate of drug-likeness (QED) is 0.853. The molecule has 0 unspecified atom stereocenters. The molecule has 0 atom stereocenters. The van der Waals surface area contributed by atoms with Crippen molar-refractivity contribution >= 4 is 39.0 Å². The van der Waals surface area contributed by atoms with Crippen molar-refractivity contribution in [3.05, 3.63) is 45.8 Å². The summed E-state index contributed by atoms with van der Waals surface area (Å²) in [5.41, 5.74) is 2.11. The maximum atomic E-state index is 5.78. The molecular formula is C11H9BrClN3. The van der Waals surface area contributed by atoms with Crippen LogP contribution in [0.5, 0.6) is 0 Å². The molecule has 0 saturated heterocycles. The molecule has 1 heterocycles. The van der Waals surface area contributed by atoms with Crippen LogP contribution in [0, 0.1) is 6.92 Å². The first-order valence-electron chi connectivity index (χ1n) is 4.66. The van der Waals surface area contributed by atoms with Gasteiger partial charge < -0.3 is 5.32 Å². The number of nitrogens with zero attached hydrogens (tertiary/aromatic N) is 2. The minimum atomic E-state index is 0.418. The van der Waals surface area contributed by atoms with Gasteiger partial charge in [-0.2, -0.15) is 0 Å². The van der Waals surface area contributed by atoms with Gasteiger partial charge in [-0.05, 0) is 34.5 Å². The fraction of sp³-hybridized carbons (Fsp3) is 0.0909. The summed E-state index contributed by atoms with van der Waals surface area (Å²) in [6.45, 7) is 2.03. The first-order valence-corrected chi connectivity index (χ1v) is 5.83. The maximum Gasteiger partial charge on any atom is 0.135 e. The molecule has 82 valence electrons. The Kier molecular flexibility index (Phi) is 3.41. The molecule has 0 bridgehead atoms. The van der Waals surface area contributed by atoms with Crippen LogP contribution in [-0.2, 0) is 0 Å². The molecule has 0 amide bonds. The highest BCUT2D eigenvalue weighted by molar-refractivity contribution is 9.10. The molecule has 0 aliphatic heterocycles. The van der Waals surface area contributed by atoms with E-state index in [-0.39, 0.29) is 0 Å². The average molecular weight is 299 g/mol. The van der Waals surface area contributed by atoms with Crippen molar-refractivity contribution in [2.45, 2.75) is 6.92 Å². The molecule has 1 aromatic carbocycles. The van der Waals surface area contributed by atoms with Crippen molar-refractivity contribution in [3.63, 3.8) is 0 Å². The summed E-state index contributed by atoms with van der Waals surface area (Å²) in [4.78, 5) is 7.90. The predicted molar refractivity (Wildman–Crippen MR) is 69.2 cm³/mol. The highest BCUT2D eigenvalue weighted by atomic mass is 79.9. The Hall–Kier alpha value is -1.13. The first kappa shape index (κ1) is 11.4. The molecule has 2 aromatic rings. The highest BCUT2D eigenvalue weighted by Crippen LogP contribution is 2.28. The number of benzene rings is 1. The van der Waals surface area contributed by atoms with Gasteiger partial charge in [-0.15, -0.1) is 0 Å². The van der Waals surface area contributed by atoms with E-state index in [2.05, 4.69) is 31.2 Å². The number of hydrogen-bond donors (Lipinski definition) is 1. The van der Waals surface area contributed by atoms with E-state index in [4.69, 9.17) is 11.6 Å². The lowest BCUT2D eigenvalue weighted by Crippen LogP contribution is -1.95. The number of anilines is 2. The normalized spacial score (nSPS) is 10.2. The van der Waals surface area contributed by atoms with Crippen LogP contribution < -0.4 is 5.32 Å². The van der Waals surface area contributed by atoms with Crippen LogP contribution in [0.2, 0.25) is 5.15 Å². The van der Waals surface area contributed by atoms with E-state index in [0.29, 0.717) is 11.0 Å². The van der Waals surface area contributed by atoms with Crippen LogP contribution in [0.1, 0.15) is 5.56 Å². The van der Waals surface area contributed by atoms with E-state index < -0.39 is 0 Å². The highest BCUT2D eigenvalue weighted by Gasteiger charge is 2.03. The summed E-state index contributed by atoms with van der Waals surface area (Å²) in [6, 6.07) is 7.65. The molecular weight excluding hydrogens is 289 g/mol. The zero-order valence-electron chi connectivity index (χ0n) is 8.54. The van der Waals surface area contributed by atoms with Gasteiger partial charge in [-0.3, -0.25) is 0 Å². The van der Waals surface area contributed by atoms with E-state index in [1.54, 1.807) is 6.07 Å². The molecule has 0 aliphatic carbocycles. The summed E-state index contributed by atoms with van der Waals surface area (Å²) in [5.74, 6) is 0.673. The van der Waals surface area contributed by atoms with E-state index in [1.165, 1.54) is 6.33 Å². The van der Waals surface area contributed by atoms with Gasteiger partial charge in [0.2, 0.25) is 0 Å². The molecule has 2 rings (SSSR count). The Labute approximate surface area is 107 Å². The summed E-state index contributed by atoms with van der Waals surface area (Å²) in [5, 5.41) is 3.59. The second kappa shape index (κ2) is 4.80. The largest absolute Gasteiger partial charge is 0.339 e. The number of nitrogens with one attached hydrogen (secondary N) is 1. The van der Waals surface area contributed by atoms with Crippen LogP contribution in [-0.4, -0.2) is 9.97 Å². The van der Waals surface area contributed by atoms with Crippen LogP contribution in [0.15, 0.2) is 35.1 Å². The molecule has 1 aromatic heterocycles. The van der Waals surface area contributed by atoms with Gasteiger partial charge >= 0.3 is 0 Å². The molecule has 0 fully saturated rings. The Morgan fingerprint density at radius 1 is 1.31 bits per heavy atom. The van der Waals surface area contributed by atoms with Gasteiger partial charge in [-0.25, -0.2) is 9.97 Å². The topological polar surface area (TPSA) is 37.8 Å². The van der Waals surface area contributed by atoms with Crippen molar-refractivity contribution in [2.75, 3.05) is 5.32 Å². The number of halogens is 2. The number of rotatable bonds is 2. The predicted octanol–water partition coefficient (Wildman–Crippen LogP) is 3.94. The lowest BCUT2D eigenvalue weighted by molar-refractivity contribution is 1.17. The third kappa shape index (κ3) is 2.51. The van der Waals surface area contributed by atoms with Crippen molar-refractivity contribution in [2.24, 2.45) is 0 Å². The summed E-state index contributed by atoms with van der Waals surface area (Å²) in [6.07, 6.45) is 1.42. The van der Waals surface area contributed by atoms with Crippen molar-refractivity contribution < 1.29 is 0 Å². The van der Waals surface area contributed by atoms with Crippen molar-refractivity contribution in [3.8, 4) is 0 Å². The zero-order chi connectivity index (χ0) is 11.5. The van der Waals surface area contributed by atoms with Gasteiger partial charge in [0.15, 0.2) is 0 Å². The molecule has 16 heavy (non-hydrogen) atoms. The van der Waals surface area contributed by atoms with Gasteiger partial charge in [0.1, 0.15) is 17.3 Å². The average Bonchev–Trinajstić information content (AvgIpc) is 2.25.